The summed E-state index contributed by atoms with van der Waals surface area (Å²) in [4.78, 5) is 37.5. The summed E-state index contributed by atoms with van der Waals surface area (Å²) in [6, 6.07) is 17.4. The van der Waals surface area contributed by atoms with Crippen LogP contribution in [0.2, 0.25) is 0 Å². The fourth-order valence-electron chi connectivity index (χ4n) is 3.21. The van der Waals surface area contributed by atoms with Crippen LogP contribution in [-0.2, 0) is 9.53 Å². The van der Waals surface area contributed by atoms with Crippen molar-refractivity contribution in [2.75, 3.05) is 11.9 Å². The van der Waals surface area contributed by atoms with Crippen LogP contribution in [0.25, 0.3) is 11.1 Å². The molecule has 1 atom stereocenters. The van der Waals surface area contributed by atoms with Crippen LogP contribution in [0.3, 0.4) is 0 Å². The van der Waals surface area contributed by atoms with Crippen LogP contribution in [-0.4, -0.2) is 30.4 Å². The summed E-state index contributed by atoms with van der Waals surface area (Å²) in [6.07, 6.45) is -0.823. The van der Waals surface area contributed by atoms with Crippen LogP contribution in [0.15, 0.2) is 54.6 Å². The molecule has 6 nitrogen and oxygen atoms in total. The average Bonchev–Trinajstić information content (AvgIpc) is 3.11. The molecule has 2 aromatic carbocycles. The lowest BCUT2D eigenvalue weighted by Crippen LogP contribution is -2.30. The third kappa shape index (κ3) is 5.23. The highest BCUT2D eigenvalue weighted by molar-refractivity contribution is 7.18. The van der Waals surface area contributed by atoms with Gasteiger partial charge in [-0.15, -0.1) is 11.3 Å². The molecule has 166 valence electrons. The zero-order valence-corrected chi connectivity index (χ0v) is 19.2. The van der Waals surface area contributed by atoms with Crippen LogP contribution in [0, 0.1) is 6.92 Å². The molecule has 1 heterocycles. The second-order valence-electron chi connectivity index (χ2n) is 7.18. The van der Waals surface area contributed by atoms with Crippen LogP contribution < -0.4 is 10.1 Å². The van der Waals surface area contributed by atoms with Crippen LogP contribution in [0.1, 0.15) is 46.4 Å². The summed E-state index contributed by atoms with van der Waals surface area (Å²) in [5.74, 6) is -0.640. The van der Waals surface area contributed by atoms with Crippen molar-refractivity contribution in [3.8, 4) is 16.9 Å². The van der Waals surface area contributed by atoms with Gasteiger partial charge in [0.05, 0.1) is 17.0 Å². The Labute approximate surface area is 191 Å². The summed E-state index contributed by atoms with van der Waals surface area (Å²) in [5.41, 5.74) is 2.83. The number of hydrogen-bond acceptors (Lipinski definition) is 6. The topological polar surface area (TPSA) is 81.7 Å². The van der Waals surface area contributed by atoms with E-state index in [4.69, 9.17) is 9.47 Å². The number of ether oxygens (including phenoxy) is 2. The highest BCUT2D eigenvalue weighted by Gasteiger charge is 2.26. The number of nitrogens with one attached hydrogen (secondary N) is 1. The molecule has 0 aliphatic carbocycles. The van der Waals surface area contributed by atoms with Gasteiger partial charge in [-0.05, 0) is 56.5 Å². The molecule has 32 heavy (non-hydrogen) atoms. The van der Waals surface area contributed by atoms with E-state index < -0.39 is 18.0 Å². The highest BCUT2D eigenvalue weighted by Crippen LogP contribution is 2.34. The number of benzene rings is 2. The van der Waals surface area contributed by atoms with Crippen molar-refractivity contribution in [1.82, 2.24) is 0 Å². The zero-order valence-electron chi connectivity index (χ0n) is 18.4. The Kier molecular flexibility index (Phi) is 7.43. The molecule has 0 saturated carbocycles. The predicted octanol–water partition coefficient (Wildman–Crippen LogP) is 5.51. The molecule has 7 heteroatoms. The van der Waals surface area contributed by atoms with Gasteiger partial charge in [0, 0.05) is 0 Å². The standard InChI is InChI=1S/C25H25NO5S/c1-5-30-25(29)21-15(2)22(16(3)27)32-24(21)26-23(28)17(4)31-20-13-11-19(12-14-20)18-9-7-6-8-10-18/h6-14,17H,5H2,1-4H3,(H,26,28)/t17-/m1/s1. The van der Waals surface area contributed by atoms with E-state index in [0.717, 1.165) is 22.5 Å². The van der Waals surface area contributed by atoms with Gasteiger partial charge in [-0.1, -0.05) is 42.5 Å². The molecule has 0 fully saturated rings. The van der Waals surface area contributed by atoms with Gasteiger partial charge in [0.25, 0.3) is 5.91 Å². The molecule has 1 aromatic heterocycles. The number of hydrogen-bond donors (Lipinski definition) is 1. The normalized spacial score (nSPS) is 11.5. The molecule has 0 bridgehead atoms. The van der Waals surface area contributed by atoms with Crippen molar-refractivity contribution in [1.29, 1.82) is 0 Å². The number of carbonyl (C=O) groups is 3. The summed E-state index contributed by atoms with van der Waals surface area (Å²) in [7, 11) is 0. The Balaban J connectivity index is 1.73. The molecule has 0 saturated heterocycles. The minimum Gasteiger partial charge on any atom is -0.481 e. The second kappa shape index (κ2) is 10.2. The van der Waals surface area contributed by atoms with E-state index in [-0.39, 0.29) is 23.0 Å². The van der Waals surface area contributed by atoms with E-state index >= 15 is 0 Å². The monoisotopic (exact) mass is 451 g/mol. The minimum absolute atomic E-state index is 0.179. The second-order valence-corrected chi connectivity index (χ2v) is 8.20. The average molecular weight is 452 g/mol. The molecular weight excluding hydrogens is 426 g/mol. The largest absolute Gasteiger partial charge is 0.481 e. The predicted molar refractivity (Wildman–Crippen MR) is 126 cm³/mol. The van der Waals surface area contributed by atoms with Crippen molar-refractivity contribution in [2.45, 2.75) is 33.8 Å². The first-order chi connectivity index (χ1) is 15.3. The van der Waals surface area contributed by atoms with Crippen molar-refractivity contribution >= 4 is 34.0 Å². The first-order valence-corrected chi connectivity index (χ1v) is 11.1. The number of anilines is 1. The Bertz CT molecular complexity index is 1120. The van der Waals surface area contributed by atoms with E-state index in [1.165, 1.54) is 6.92 Å². The summed E-state index contributed by atoms with van der Waals surface area (Å²) in [5, 5.41) is 3.01. The van der Waals surface area contributed by atoms with Crippen LogP contribution >= 0.6 is 11.3 Å². The third-order valence-electron chi connectivity index (χ3n) is 4.83. The fourth-order valence-corrected chi connectivity index (χ4v) is 4.31. The quantitative estimate of drug-likeness (QED) is 0.361. The molecule has 0 unspecified atom stereocenters. The Morgan fingerprint density at radius 2 is 1.62 bits per heavy atom. The fraction of sp³-hybridized carbons (Fsp3) is 0.240. The van der Waals surface area contributed by atoms with Crippen LogP contribution in [0.4, 0.5) is 5.00 Å². The van der Waals surface area contributed by atoms with Crippen molar-refractivity contribution < 1.29 is 23.9 Å². The molecule has 3 rings (SSSR count). The Morgan fingerprint density at radius 3 is 2.22 bits per heavy atom. The third-order valence-corrected chi connectivity index (χ3v) is 6.13. The van der Waals surface area contributed by atoms with Gasteiger partial charge in [0.1, 0.15) is 10.8 Å². The number of thiophene rings is 1. The van der Waals surface area contributed by atoms with Gasteiger partial charge in [-0.25, -0.2) is 4.79 Å². The zero-order chi connectivity index (χ0) is 23.3. The van der Waals surface area contributed by atoms with Gasteiger partial charge < -0.3 is 14.8 Å². The lowest BCUT2D eigenvalue weighted by molar-refractivity contribution is -0.122. The minimum atomic E-state index is -0.823. The Hall–Kier alpha value is -3.45. The molecule has 1 N–H and O–H groups in total. The van der Waals surface area contributed by atoms with E-state index in [0.29, 0.717) is 16.2 Å². The molecule has 1 amide bonds. The first-order valence-electron chi connectivity index (χ1n) is 10.3. The number of amides is 1. The Morgan fingerprint density at radius 1 is 1.00 bits per heavy atom. The van der Waals surface area contributed by atoms with Crippen molar-refractivity contribution in [2.24, 2.45) is 0 Å². The van der Waals surface area contributed by atoms with Crippen molar-refractivity contribution in [3.63, 3.8) is 0 Å². The van der Waals surface area contributed by atoms with E-state index in [1.54, 1.807) is 32.9 Å². The lowest BCUT2D eigenvalue weighted by atomic mass is 10.1. The van der Waals surface area contributed by atoms with Gasteiger partial charge >= 0.3 is 5.97 Å². The number of esters is 1. The van der Waals surface area contributed by atoms with E-state index in [9.17, 15) is 14.4 Å². The molecule has 3 aromatic rings. The molecule has 0 radical (unpaired) electrons. The van der Waals surface area contributed by atoms with Crippen LogP contribution in [0.5, 0.6) is 5.75 Å². The van der Waals surface area contributed by atoms with Gasteiger partial charge in [0.15, 0.2) is 11.9 Å². The summed E-state index contributed by atoms with van der Waals surface area (Å²) in [6.45, 7) is 6.60. The van der Waals surface area contributed by atoms with Gasteiger partial charge in [-0.3, -0.25) is 9.59 Å². The summed E-state index contributed by atoms with van der Waals surface area (Å²) >= 11 is 1.06. The lowest BCUT2D eigenvalue weighted by Gasteiger charge is -2.15. The number of carbonyl (C=O) groups excluding carboxylic acids is 3. The number of Topliss-reactive ketones (excluding diaryl/α,β-unsaturated/α-hetero) is 1. The maximum absolute atomic E-state index is 12.8. The number of rotatable bonds is 8. The number of ketones is 1. The maximum atomic E-state index is 12.8. The van der Waals surface area contributed by atoms with Crippen molar-refractivity contribution in [3.05, 3.63) is 70.6 Å². The smallest absolute Gasteiger partial charge is 0.341 e. The summed E-state index contributed by atoms with van der Waals surface area (Å²) < 4.78 is 10.9. The van der Waals surface area contributed by atoms with Gasteiger partial charge in [-0.2, -0.15) is 0 Å². The molecule has 0 spiro atoms. The first kappa shape index (κ1) is 23.2. The molecule has 0 aliphatic rings. The molecular formula is C25H25NO5S. The highest BCUT2D eigenvalue weighted by atomic mass is 32.1. The molecule has 0 aliphatic heterocycles. The van der Waals surface area contributed by atoms with E-state index in [1.807, 2.05) is 42.5 Å². The SMILES string of the molecule is CCOC(=O)c1c(NC(=O)[C@@H](C)Oc2ccc(-c3ccccc3)cc2)sc(C(C)=O)c1C. The van der Waals surface area contributed by atoms with E-state index in [2.05, 4.69) is 5.32 Å². The van der Waals surface area contributed by atoms with Gasteiger partial charge in [0.2, 0.25) is 0 Å². The maximum Gasteiger partial charge on any atom is 0.341 e.